The minimum atomic E-state index is -0.693. The van der Waals surface area contributed by atoms with E-state index < -0.39 is 5.97 Å². The van der Waals surface area contributed by atoms with Crippen LogP contribution < -0.4 is 5.32 Å². The second-order valence-electron chi connectivity index (χ2n) is 4.87. The van der Waals surface area contributed by atoms with Crippen LogP contribution in [0.15, 0.2) is 0 Å². The summed E-state index contributed by atoms with van der Waals surface area (Å²) in [4.78, 5) is 10.4. The van der Waals surface area contributed by atoms with Crippen molar-refractivity contribution in [1.82, 2.24) is 5.32 Å². The summed E-state index contributed by atoms with van der Waals surface area (Å²) in [6, 6.07) is 0. The predicted octanol–water partition coefficient (Wildman–Crippen LogP) is 2.27. The zero-order chi connectivity index (χ0) is 11.1. The highest BCUT2D eigenvalue weighted by Gasteiger charge is 2.13. The summed E-state index contributed by atoms with van der Waals surface area (Å²) in [5.74, 6) is 0.379. The van der Waals surface area contributed by atoms with E-state index in [-0.39, 0.29) is 12.3 Å². The summed E-state index contributed by atoms with van der Waals surface area (Å²) in [5.41, 5.74) is 0. The van der Waals surface area contributed by atoms with Gasteiger partial charge in [0.25, 0.3) is 0 Å². The molecular formula is C12H23NO2. The maximum absolute atomic E-state index is 10.4. The molecule has 0 aliphatic heterocycles. The van der Waals surface area contributed by atoms with Crippen molar-refractivity contribution in [3.63, 3.8) is 0 Å². The van der Waals surface area contributed by atoms with E-state index in [0.29, 0.717) is 0 Å². The number of aliphatic carboxylic acids is 1. The SMILES string of the molecule is CC(CNCC1CCCCC1)CC(=O)O. The molecule has 3 heteroatoms. The Morgan fingerprint density at radius 3 is 2.67 bits per heavy atom. The summed E-state index contributed by atoms with van der Waals surface area (Å²) >= 11 is 0. The van der Waals surface area contributed by atoms with Gasteiger partial charge in [-0.2, -0.15) is 0 Å². The fourth-order valence-electron chi connectivity index (χ4n) is 2.30. The highest BCUT2D eigenvalue weighted by atomic mass is 16.4. The molecule has 1 fully saturated rings. The van der Waals surface area contributed by atoms with Crippen molar-refractivity contribution in [3.05, 3.63) is 0 Å². The van der Waals surface area contributed by atoms with Crippen LogP contribution in [0.2, 0.25) is 0 Å². The fourth-order valence-corrected chi connectivity index (χ4v) is 2.30. The molecule has 1 atom stereocenters. The highest BCUT2D eigenvalue weighted by Crippen LogP contribution is 2.22. The summed E-state index contributed by atoms with van der Waals surface area (Å²) < 4.78 is 0. The van der Waals surface area contributed by atoms with Crippen LogP contribution in [0.5, 0.6) is 0 Å². The first-order valence-corrected chi connectivity index (χ1v) is 6.11. The van der Waals surface area contributed by atoms with Gasteiger partial charge in [0.05, 0.1) is 0 Å². The molecule has 0 heterocycles. The van der Waals surface area contributed by atoms with Crippen molar-refractivity contribution >= 4 is 5.97 Å². The maximum atomic E-state index is 10.4. The fraction of sp³-hybridized carbons (Fsp3) is 0.917. The Bertz CT molecular complexity index is 188. The standard InChI is InChI=1S/C12H23NO2/c1-10(7-12(14)15)8-13-9-11-5-3-2-4-6-11/h10-11,13H,2-9H2,1H3,(H,14,15). The van der Waals surface area contributed by atoms with Gasteiger partial charge >= 0.3 is 5.97 Å². The third-order valence-electron chi connectivity index (χ3n) is 3.17. The van der Waals surface area contributed by atoms with Crippen LogP contribution >= 0.6 is 0 Å². The first-order chi connectivity index (χ1) is 7.18. The van der Waals surface area contributed by atoms with Crippen LogP contribution in [0, 0.1) is 11.8 Å². The third kappa shape index (κ3) is 5.78. The van der Waals surface area contributed by atoms with E-state index in [2.05, 4.69) is 5.32 Å². The van der Waals surface area contributed by atoms with Gasteiger partial charge in [-0.15, -0.1) is 0 Å². The minimum Gasteiger partial charge on any atom is -0.481 e. The Kier molecular flexibility index (Phi) is 5.69. The summed E-state index contributed by atoms with van der Waals surface area (Å²) in [6.45, 7) is 3.90. The quantitative estimate of drug-likeness (QED) is 0.711. The lowest BCUT2D eigenvalue weighted by Crippen LogP contribution is -2.29. The average molecular weight is 213 g/mol. The molecule has 0 bridgehead atoms. The Hall–Kier alpha value is -0.570. The van der Waals surface area contributed by atoms with Gasteiger partial charge in [-0.3, -0.25) is 4.79 Å². The van der Waals surface area contributed by atoms with Gasteiger partial charge in [0, 0.05) is 6.42 Å². The van der Waals surface area contributed by atoms with Gasteiger partial charge in [-0.1, -0.05) is 26.2 Å². The molecule has 2 N–H and O–H groups in total. The molecule has 88 valence electrons. The van der Waals surface area contributed by atoms with Crippen LogP contribution in [-0.2, 0) is 4.79 Å². The third-order valence-corrected chi connectivity index (χ3v) is 3.17. The molecule has 0 radical (unpaired) electrons. The molecule has 0 aromatic carbocycles. The number of carboxylic acids is 1. The predicted molar refractivity (Wildman–Crippen MR) is 60.9 cm³/mol. The van der Waals surface area contributed by atoms with Gasteiger partial charge in [0.15, 0.2) is 0 Å². The van der Waals surface area contributed by atoms with Crippen molar-refractivity contribution in [2.75, 3.05) is 13.1 Å². The molecule has 0 aromatic heterocycles. The van der Waals surface area contributed by atoms with Gasteiger partial charge in [0.1, 0.15) is 0 Å². The number of carboxylic acid groups (broad SMARTS) is 1. The molecule has 1 unspecified atom stereocenters. The van der Waals surface area contributed by atoms with Gasteiger partial charge in [0.2, 0.25) is 0 Å². The molecule has 1 aliphatic rings. The van der Waals surface area contributed by atoms with E-state index in [1.165, 1.54) is 32.1 Å². The zero-order valence-electron chi connectivity index (χ0n) is 9.67. The van der Waals surface area contributed by atoms with Crippen molar-refractivity contribution in [1.29, 1.82) is 0 Å². The largest absolute Gasteiger partial charge is 0.481 e. The van der Waals surface area contributed by atoms with E-state index in [0.717, 1.165) is 19.0 Å². The lowest BCUT2D eigenvalue weighted by molar-refractivity contribution is -0.137. The van der Waals surface area contributed by atoms with Crippen LogP contribution in [0.1, 0.15) is 45.4 Å². The van der Waals surface area contributed by atoms with E-state index in [1.807, 2.05) is 6.92 Å². The van der Waals surface area contributed by atoms with Crippen LogP contribution in [0.4, 0.5) is 0 Å². The van der Waals surface area contributed by atoms with Gasteiger partial charge in [-0.05, 0) is 37.8 Å². The lowest BCUT2D eigenvalue weighted by atomic mass is 9.89. The molecule has 0 aromatic rings. The normalized spacial score (nSPS) is 20.1. The summed E-state index contributed by atoms with van der Waals surface area (Å²) in [5, 5.41) is 12.0. The Morgan fingerprint density at radius 1 is 1.40 bits per heavy atom. The lowest BCUT2D eigenvalue weighted by Gasteiger charge is -2.22. The van der Waals surface area contributed by atoms with Crippen molar-refractivity contribution in [3.8, 4) is 0 Å². The summed E-state index contributed by atoms with van der Waals surface area (Å²) in [6.07, 6.45) is 7.11. The van der Waals surface area contributed by atoms with E-state index >= 15 is 0 Å². The number of hydrogen-bond donors (Lipinski definition) is 2. The number of hydrogen-bond acceptors (Lipinski definition) is 2. The molecule has 1 rings (SSSR count). The van der Waals surface area contributed by atoms with Gasteiger partial charge in [-0.25, -0.2) is 0 Å². The second kappa shape index (κ2) is 6.83. The first kappa shape index (κ1) is 12.5. The van der Waals surface area contributed by atoms with E-state index in [1.54, 1.807) is 0 Å². The topological polar surface area (TPSA) is 49.3 Å². The number of nitrogens with one attached hydrogen (secondary N) is 1. The minimum absolute atomic E-state index is 0.242. The number of rotatable bonds is 6. The molecule has 15 heavy (non-hydrogen) atoms. The van der Waals surface area contributed by atoms with Crippen molar-refractivity contribution in [2.24, 2.45) is 11.8 Å². The maximum Gasteiger partial charge on any atom is 0.303 e. The molecule has 1 saturated carbocycles. The summed E-state index contributed by atoms with van der Waals surface area (Å²) in [7, 11) is 0. The van der Waals surface area contributed by atoms with Crippen molar-refractivity contribution < 1.29 is 9.90 Å². The molecule has 1 aliphatic carbocycles. The molecule has 0 amide bonds. The zero-order valence-corrected chi connectivity index (χ0v) is 9.67. The Balaban J connectivity index is 2.02. The van der Waals surface area contributed by atoms with Gasteiger partial charge < -0.3 is 10.4 Å². The number of carbonyl (C=O) groups is 1. The molecule has 0 spiro atoms. The van der Waals surface area contributed by atoms with Crippen molar-refractivity contribution in [2.45, 2.75) is 45.4 Å². The molecular weight excluding hydrogens is 190 g/mol. The average Bonchev–Trinajstić information content (AvgIpc) is 2.18. The monoisotopic (exact) mass is 213 g/mol. The van der Waals surface area contributed by atoms with Crippen LogP contribution in [0.3, 0.4) is 0 Å². The van der Waals surface area contributed by atoms with Crippen LogP contribution in [0.25, 0.3) is 0 Å². The van der Waals surface area contributed by atoms with E-state index in [4.69, 9.17) is 5.11 Å². The van der Waals surface area contributed by atoms with E-state index in [9.17, 15) is 4.79 Å². The smallest absolute Gasteiger partial charge is 0.303 e. The van der Waals surface area contributed by atoms with Crippen LogP contribution in [-0.4, -0.2) is 24.2 Å². The first-order valence-electron chi connectivity index (χ1n) is 6.11. The Morgan fingerprint density at radius 2 is 2.07 bits per heavy atom. The molecule has 3 nitrogen and oxygen atoms in total. The molecule has 0 saturated heterocycles. The second-order valence-corrected chi connectivity index (χ2v) is 4.87. The Labute approximate surface area is 92.3 Å². The highest BCUT2D eigenvalue weighted by molar-refractivity contribution is 5.66.